The zero-order chi connectivity index (χ0) is 18.3. The fourth-order valence-electron chi connectivity index (χ4n) is 3.43. The van der Waals surface area contributed by atoms with Crippen LogP contribution in [0.5, 0.6) is 0 Å². The Morgan fingerprint density at radius 2 is 2.12 bits per heavy atom. The van der Waals surface area contributed by atoms with Crippen LogP contribution in [-0.4, -0.2) is 26.4 Å². The number of hydrogen-bond acceptors (Lipinski definition) is 2. The van der Waals surface area contributed by atoms with E-state index in [0.29, 0.717) is 0 Å². The molecule has 4 nitrogen and oxygen atoms in total. The molecule has 0 saturated heterocycles. The van der Waals surface area contributed by atoms with Crippen molar-refractivity contribution in [3.05, 3.63) is 85.1 Å². The van der Waals surface area contributed by atoms with Crippen LogP contribution in [0.3, 0.4) is 0 Å². The molecule has 0 saturated carbocycles. The van der Waals surface area contributed by atoms with Gasteiger partial charge in [-0.15, -0.1) is 6.58 Å². The number of nitrogens with one attached hydrogen (secondary N) is 2. The lowest BCUT2D eigenvalue weighted by molar-refractivity contribution is 0.535. The van der Waals surface area contributed by atoms with E-state index >= 15 is 0 Å². The molecule has 1 aliphatic heterocycles. The van der Waals surface area contributed by atoms with Gasteiger partial charge in [0.15, 0.2) is 0 Å². The first-order valence-electron chi connectivity index (χ1n) is 8.70. The fraction of sp³-hybridized carbons (Fsp3) is 0.136. The average molecular weight is 342 g/mol. The Balaban J connectivity index is 1.94. The van der Waals surface area contributed by atoms with Crippen molar-refractivity contribution in [2.75, 3.05) is 6.54 Å². The Labute approximate surface area is 153 Å². The van der Waals surface area contributed by atoms with Crippen LogP contribution in [0, 0.1) is 0 Å². The second-order valence-electron chi connectivity index (χ2n) is 6.63. The Bertz CT molecular complexity index is 1060. The summed E-state index contributed by atoms with van der Waals surface area (Å²) < 4.78 is 0. The molecule has 0 spiro atoms. The molecule has 1 aromatic carbocycles. The van der Waals surface area contributed by atoms with E-state index in [2.05, 4.69) is 64.0 Å². The van der Waals surface area contributed by atoms with Crippen LogP contribution >= 0.6 is 0 Å². The van der Waals surface area contributed by atoms with Gasteiger partial charge in [-0.1, -0.05) is 24.8 Å². The average Bonchev–Trinajstić information content (AvgIpc) is 3.29. The van der Waals surface area contributed by atoms with Crippen LogP contribution in [0.15, 0.2) is 62.7 Å². The molecule has 1 aliphatic rings. The highest BCUT2D eigenvalue weighted by atomic mass is 15.1. The smallest absolute Gasteiger partial charge is 0.0962 e. The molecule has 130 valence electrons. The van der Waals surface area contributed by atoms with E-state index in [1.165, 1.54) is 0 Å². The quantitative estimate of drug-likeness (QED) is 0.628. The summed E-state index contributed by atoms with van der Waals surface area (Å²) in [4.78, 5) is 13.3. The van der Waals surface area contributed by atoms with Crippen LogP contribution in [0.1, 0.15) is 35.7 Å². The predicted octanol–water partition coefficient (Wildman–Crippen LogP) is 5.18. The fourth-order valence-corrected chi connectivity index (χ4v) is 3.43. The lowest BCUT2D eigenvalue weighted by Gasteiger charge is -2.29. The van der Waals surface area contributed by atoms with Crippen LogP contribution in [-0.2, 0) is 0 Å². The molecule has 0 amide bonds. The van der Waals surface area contributed by atoms with Gasteiger partial charge in [-0.05, 0) is 37.1 Å². The number of aromatic nitrogens is 3. The van der Waals surface area contributed by atoms with E-state index in [9.17, 15) is 0 Å². The monoisotopic (exact) mass is 342 g/mol. The highest BCUT2D eigenvalue weighted by Crippen LogP contribution is 2.39. The van der Waals surface area contributed by atoms with E-state index in [0.717, 1.165) is 63.2 Å². The molecule has 2 N–H and O–H groups in total. The Morgan fingerprint density at radius 1 is 1.27 bits per heavy atom. The van der Waals surface area contributed by atoms with Crippen LogP contribution < -0.4 is 0 Å². The summed E-state index contributed by atoms with van der Waals surface area (Å²) in [6, 6.07) is 6.38. The standard InChI is InChI=1S/C22H22N4/c1-5-6-9-26-12-19(17-7-8-23-21(17)15(26)4)18-10-16(14(2)3)11-20-22(18)25-13-24-20/h5,7-8,10-13,23H,1-2,4,6,9H2,3H3,(H,24,25). The Morgan fingerprint density at radius 3 is 2.88 bits per heavy atom. The molecule has 3 aromatic rings. The van der Waals surface area contributed by atoms with Crippen LogP contribution in [0.2, 0.25) is 0 Å². The van der Waals surface area contributed by atoms with Crippen molar-refractivity contribution in [1.29, 1.82) is 0 Å². The van der Waals surface area contributed by atoms with E-state index in [-0.39, 0.29) is 0 Å². The highest BCUT2D eigenvalue weighted by molar-refractivity contribution is 5.99. The number of nitrogens with zero attached hydrogens (tertiary/aromatic N) is 2. The molecular weight excluding hydrogens is 320 g/mol. The third-order valence-corrected chi connectivity index (χ3v) is 4.84. The zero-order valence-corrected chi connectivity index (χ0v) is 15.0. The summed E-state index contributed by atoms with van der Waals surface area (Å²) in [5, 5.41) is 0. The molecule has 2 aromatic heterocycles. The van der Waals surface area contributed by atoms with Gasteiger partial charge in [-0.25, -0.2) is 4.98 Å². The van der Waals surface area contributed by atoms with E-state index in [1.54, 1.807) is 6.33 Å². The maximum atomic E-state index is 4.56. The van der Waals surface area contributed by atoms with Crippen molar-refractivity contribution in [2.24, 2.45) is 0 Å². The first-order chi connectivity index (χ1) is 12.6. The molecule has 0 bridgehead atoms. The van der Waals surface area contributed by atoms with Crippen molar-refractivity contribution < 1.29 is 0 Å². The number of imidazole rings is 1. The second-order valence-corrected chi connectivity index (χ2v) is 6.63. The molecule has 0 atom stereocenters. The van der Waals surface area contributed by atoms with Gasteiger partial charge in [-0.3, -0.25) is 0 Å². The number of hydrogen-bond donors (Lipinski definition) is 2. The normalized spacial score (nSPS) is 13.7. The van der Waals surface area contributed by atoms with Gasteiger partial charge in [-0.2, -0.15) is 0 Å². The summed E-state index contributed by atoms with van der Waals surface area (Å²) in [5.41, 5.74) is 9.52. The minimum atomic E-state index is 0.841. The van der Waals surface area contributed by atoms with Crippen molar-refractivity contribution in [3.63, 3.8) is 0 Å². The minimum Gasteiger partial charge on any atom is -0.359 e. The van der Waals surface area contributed by atoms with Crippen molar-refractivity contribution in [3.8, 4) is 0 Å². The van der Waals surface area contributed by atoms with Crippen LogP contribution in [0.25, 0.3) is 27.9 Å². The van der Waals surface area contributed by atoms with Gasteiger partial charge in [0.25, 0.3) is 0 Å². The first-order valence-corrected chi connectivity index (χ1v) is 8.70. The van der Waals surface area contributed by atoms with E-state index in [4.69, 9.17) is 0 Å². The topological polar surface area (TPSA) is 47.7 Å². The lowest BCUT2D eigenvalue weighted by atomic mass is 9.91. The third-order valence-electron chi connectivity index (χ3n) is 4.84. The maximum Gasteiger partial charge on any atom is 0.0962 e. The van der Waals surface area contributed by atoms with E-state index < -0.39 is 0 Å². The van der Waals surface area contributed by atoms with Crippen molar-refractivity contribution in [2.45, 2.75) is 13.3 Å². The van der Waals surface area contributed by atoms with Gasteiger partial charge >= 0.3 is 0 Å². The van der Waals surface area contributed by atoms with Gasteiger partial charge in [0.2, 0.25) is 0 Å². The molecular formula is C22H22N4. The van der Waals surface area contributed by atoms with Gasteiger partial charge in [0, 0.05) is 35.6 Å². The number of H-pyrrole nitrogens is 2. The SMILES string of the molecule is C=CCCN1C=C(c2cc(C(=C)C)cc3[nH]cnc23)c2cc[nH]c2C1=C. The zero-order valence-electron chi connectivity index (χ0n) is 15.0. The number of benzene rings is 1. The maximum absolute atomic E-state index is 4.56. The predicted molar refractivity (Wildman–Crippen MR) is 109 cm³/mol. The van der Waals surface area contributed by atoms with E-state index in [1.807, 2.05) is 19.2 Å². The molecule has 0 radical (unpaired) electrons. The summed E-state index contributed by atoms with van der Waals surface area (Å²) in [7, 11) is 0. The summed E-state index contributed by atoms with van der Waals surface area (Å²) in [6.45, 7) is 15.1. The molecule has 26 heavy (non-hydrogen) atoms. The van der Waals surface area contributed by atoms with Gasteiger partial charge < -0.3 is 14.9 Å². The molecule has 0 aliphatic carbocycles. The summed E-state index contributed by atoms with van der Waals surface area (Å²) in [6.07, 6.45) is 8.70. The number of aromatic amines is 2. The molecule has 3 heterocycles. The molecule has 0 fully saturated rings. The Hall–Kier alpha value is -3.27. The second kappa shape index (κ2) is 6.23. The summed E-state index contributed by atoms with van der Waals surface area (Å²) >= 11 is 0. The number of rotatable bonds is 5. The summed E-state index contributed by atoms with van der Waals surface area (Å²) in [5.74, 6) is 0. The number of allylic oxidation sites excluding steroid dienone is 1. The molecule has 4 heteroatoms. The van der Waals surface area contributed by atoms with Gasteiger partial charge in [0.05, 0.1) is 28.8 Å². The lowest BCUT2D eigenvalue weighted by Crippen LogP contribution is -2.21. The molecule has 4 rings (SSSR count). The largest absolute Gasteiger partial charge is 0.359 e. The molecule has 0 unspecified atom stereocenters. The highest BCUT2D eigenvalue weighted by Gasteiger charge is 2.24. The van der Waals surface area contributed by atoms with Crippen molar-refractivity contribution in [1.82, 2.24) is 19.9 Å². The number of fused-ring (bicyclic) bond motifs is 2. The van der Waals surface area contributed by atoms with Crippen LogP contribution in [0.4, 0.5) is 0 Å². The third kappa shape index (κ3) is 2.51. The first kappa shape index (κ1) is 16.2. The minimum absolute atomic E-state index is 0.841. The Kier molecular flexibility index (Phi) is 3.88. The van der Waals surface area contributed by atoms with Crippen molar-refractivity contribution >= 4 is 27.9 Å². The van der Waals surface area contributed by atoms with Gasteiger partial charge in [0.1, 0.15) is 0 Å².